The van der Waals surface area contributed by atoms with Crippen LogP contribution in [0.15, 0.2) is 60.1 Å². The average Bonchev–Trinajstić information content (AvgIpc) is 2.74. The number of hydrogen-bond acceptors (Lipinski definition) is 1. The van der Waals surface area contributed by atoms with Gasteiger partial charge in [-0.15, -0.1) is 0 Å². The highest BCUT2D eigenvalue weighted by atomic mass is 19.4. The number of benzene rings is 1. The minimum Gasteiger partial charge on any atom is -0.359 e. The molecule has 0 aromatic heterocycles. The van der Waals surface area contributed by atoms with Crippen LogP contribution in [0.3, 0.4) is 0 Å². The summed E-state index contributed by atoms with van der Waals surface area (Å²) in [4.78, 5) is 0. The van der Waals surface area contributed by atoms with Crippen LogP contribution in [0, 0.1) is 31.6 Å². The first kappa shape index (κ1) is 27.9. The Labute approximate surface area is 202 Å². The molecule has 1 aliphatic carbocycles. The molecule has 0 saturated carbocycles. The van der Waals surface area contributed by atoms with Gasteiger partial charge in [-0.1, -0.05) is 57.7 Å². The summed E-state index contributed by atoms with van der Waals surface area (Å²) in [6.45, 7) is 13.8. The van der Waals surface area contributed by atoms with E-state index in [-0.39, 0.29) is 37.0 Å². The van der Waals surface area contributed by atoms with Crippen LogP contribution in [-0.2, 0) is 0 Å². The highest BCUT2D eigenvalue weighted by molar-refractivity contribution is 5.71. The zero-order valence-electron chi connectivity index (χ0n) is 21.2. The van der Waals surface area contributed by atoms with Gasteiger partial charge in [0.25, 0.3) is 0 Å². The Morgan fingerprint density at radius 3 is 2.29 bits per heavy atom. The molecular formula is C29H39F4N. The molecule has 3 atom stereocenters. The molecule has 188 valence electrons. The minimum atomic E-state index is -4.64. The van der Waals surface area contributed by atoms with Crippen LogP contribution in [0.2, 0.25) is 0 Å². The fourth-order valence-electron chi connectivity index (χ4n) is 4.67. The van der Waals surface area contributed by atoms with Crippen molar-refractivity contribution in [3.63, 3.8) is 0 Å². The molecular weight excluding hydrogens is 438 g/mol. The first-order chi connectivity index (χ1) is 16.0. The lowest BCUT2D eigenvalue weighted by Gasteiger charge is -2.26. The molecule has 5 heteroatoms. The lowest BCUT2D eigenvalue weighted by atomic mass is 9.81. The molecule has 0 radical (unpaired) electrons. The summed E-state index contributed by atoms with van der Waals surface area (Å²) in [6, 6.07) is 6.08. The van der Waals surface area contributed by atoms with E-state index in [2.05, 4.69) is 18.0 Å². The zero-order valence-corrected chi connectivity index (χ0v) is 21.2. The Hall–Kier alpha value is -2.30. The zero-order chi connectivity index (χ0) is 25.5. The van der Waals surface area contributed by atoms with Crippen molar-refractivity contribution < 1.29 is 17.6 Å². The largest absolute Gasteiger partial charge is 0.415 e. The molecule has 1 aromatic rings. The Morgan fingerprint density at radius 2 is 1.74 bits per heavy atom. The van der Waals surface area contributed by atoms with Crippen LogP contribution in [0.25, 0.3) is 5.70 Å². The van der Waals surface area contributed by atoms with Crippen LogP contribution in [0.4, 0.5) is 17.6 Å². The Morgan fingerprint density at radius 1 is 1.09 bits per heavy atom. The quantitative estimate of drug-likeness (QED) is 0.318. The fourth-order valence-corrected chi connectivity index (χ4v) is 4.67. The molecule has 1 nitrogen and oxygen atoms in total. The van der Waals surface area contributed by atoms with Crippen LogP contribution in [0.1, 0.15) is 76.0 Å². The third-order valence-corrected chi connectivity index (χ3v) is 7.05. The number of nitrogens with one attached hydrogen (secondary N) is 1. The molecule has 1 aromatic carbocycles. The smallest absolute Gasteiger partial charge is 0.359 e. The van der Waals surface area contributed by atoms with Crippen LogP contribution in [-0.4, -0.2) is 6.18 Å². The molecule has 2 rings (SSSR count). The molecule has 34 heavy (non-hydrogen) atoms. The predicted octanol–water partition coefficient (Wildman–Crippen LogP) is 9.35. The van der Waals surface area contributed by atoms with Gasteiger partial charge in [0.05, 0.1) is 5.57 Å². The van der Waals surface area contributed by atoms with Gasteiger partial charge in [-0.05, 0) is 80.9 Å². The van der Waals surface area contributed by atoms with Gasteiger partial charge in [-0.25, -0.2) is 4.39 Å². The Bertz CT molecular complexity index is 916. The van der Waals surface area contributed by atoms with E-state index in [1.54, 1.807) is 6.08 Å². The molecule has 0 bridgehead atoms. The predicted molar refractivity (Wildman–Crippen MR) is 135 cm³/mol. The Kier molecular flexibility index (Phi) is 10.2. The highest BCUT2D eigenvalue weighted by Gasteiger charge is 2.37. The Balaban J connectivity index is 2.55. The first-order valence-electron chi connectivity index (χ1n) is 12.3. The standard InChI is InChI=1S/C29H39F4N/c1-7-10-24(8-2)34-27(28-20(4)11-9-12-21(28)5)18-23-14-13-19(3)22(6)17-26(30)25(16-15-23)29(31,32)33/h7,9-12,18-19,22-23,34H,1,8,13-17H2,2-6H3/b24-10+,26-25-,27-18-/t19-,22?,23?/m0/s1. The molecule has 0 spiro atoms. The van der Waals surface area contributed by atoms with Crippen molar-refractivity contribution in [3.05, 3.63) is 76.8 Å². The van der Waals surface area contributed by atoms with Crippen LogP contribution < -0.4 is 5.32 Å². The van der Waals surface area contributed by atoms with E-state index in [9.17, 15) is 17.6 Å². The van der Waals surface area contributed by atoms with Crippen molar-refractivity contribution in [3.8, 4) is 0 Å². The molecule has 0 heterocycles. The monoisotopic (exact) mass is 477 g/mol. The third kappa shape index (κ3) is 7.61. The summed E-state index contributed by atoms with van der Waals surface area (Å²) in [7, 11) is 0. The van der Waals surface area contributed by atoms with E-state index in [0.717, 1.165) is 47.3 Å². The van der Waals surface area contributed by atoms with E-state index >= 15 is 0 Å². The average molecular weight is 478 g/mol. The van der Waals surface area contributed by atoms with Crippen molar-refractivity contribution in [2.75, 3.05) is 0 Å². The second-order valence-electron chi connectivity index (χ2n) is 9.67. The summed E-state index contributed by atoms with van der Waals surface area (Å²) in [6.07, 6.45) is 3.26. The number of allylic oxidation sites excluding steroid dienone is 6. The molecule has 0 amide bonds. The molecule has 0 saturated heterocycles. The van der Waals surface area contributed by atoms with Gasteiger partial charge in [-0.2, -0.15) is 13.2 Å². The van der Waals surface area contributed by atoms with Crippen molar-refractivity contribution in [2.45, 2.75) is 79.3 Å². The van der Waals surface area contributed by atoms with Crippen LogP contribution in [0.5, 0.6) is 0 Å². The summed E-state index contributed by atoms with van der Waals surface area (Å²) in [5.41, 5.74) is 4.13. The third-order valence-electron chi connectivity index (χ3n) is 7.05. The van der Waals surface area contributed by atoms with Gasteiger partial charge < -0.3 is 5.32 Å². The van der Waals surface area contributed by atoms with Gasteiger partial charge in [0, 0.05) is 23.4 Å². The summed E-state index contributed by atoms with van der Waals surface area (Å²) < 4.78 is 55.8. The van der Waals surface area contributed by atoms with Gasteiger partial charge in [0.15, 0.2) is 0 Å². The van der Waals surface area contributed by atoms with Crippen molar-refractivity contribution in [2.24, 2.45) is 17.8 Å². The number of halogens is 4. The molecule has 1 aliphatic rings. The minimum absolute atomic E-state index is 0.110. The van der Waals surface area contributed by atoms with Gasteiger partial charge in [0.1, 0.15) is 5.83 Å². The maximum atomic E-state index is 14.7. The van der Waals surface area contributed by atoms with Crippen molar-refractivity contribution in [1.82, 2.24) is 5.32 Å². The fraction of sp³-hybridized carbons (Fsp3) is 0.517. The lowest BCUT2D eigenvalue weighted by molar-refractivity contribution is -0.0968. The normalized spacial score (nSPS) is 25.7. The summed E-state index contributed by atoms with van der Waals surface area (Å²) in [5.74, 6) is -1.11. The molecule has 1 N–H and O–H groups in total. The van der Waals surface area contributed by atoms with E-state index in [0.29, 0.717) is 0 Å². The maximum absolute atomic E-state index is 14.7. The second kappa shape index (κ2) is 12.4. The van der Waals surface area contributed by atoms with Gasteiger partial charge >= 0.3 is 6.18 Å². The maximum Gasteiger partial charge on any atom is 0.415 e. The number of alkyl halides is 3. The molecule has 0 fully saturated rings. The number of hydrogen-bond donors (Lipinski definition) is 1. The number of aryl methyl sites for hydroxylation is 2. The van der Waals surface area contributed by atoms with E-state index in [1.807, 2.05) is 58.9 Å². The SMILES string of the molecule is C=C/C=C(\CC)N/C(=C\C1CC/C(C(F)(F)F)=C(/F)CC(C)[C@@H](C)CC1)c1c(C)cccc1C. The first-order valence-corrected chi connectivity index (χ1v) is 12.3. The van der Waals surface area contributed by atoms with E-state index in [4.69, 9.17) is 0 Å². The topological polar surface area (TPSA) is 12.0 Å². The van der Waals surface area contributed by atoms with Gasteiger partial charge in [-0.3, -0.25) is 0 Å². The van der Waals surface area contributed by atoms with Crippen molar-refractivity contribution >= 4 is 5.70 Å². The lowest BCUT2D eigenvalue weighted by Crippen LogP contribution is -2.20. The highest BCUT2D eigenvalue weighted by Crippen LogP contribution is 2.39. The molecule has 0 aliphatic heterocycles. The second-order valence-corrected chi connectivity index (χ2v) is 9.67. The molecule has 2 unspecified atom stereocenters. The van der Waals surface area contributed by atoms with E-state index in [1.165, 1.54) is 0 Å². The van der Waals surface area contributed by atoms with Gasteiger partial charge in [0.2, 0.25) is 0 Å². The van der Waals surface area contributed by atoms with Crippen molar-refractivity contribution in [1.29, 1.82) is 0 Å². The summed E-state index contributed by atoms with van der Waals surface area (Å²) >= 11 is 0. The van der Waals surface area contributed by atoms with Crippen LogP contribution >= 0.6 is 0 Å². The summed E-state index contributed by atoms with van der Waals surface area (Å²) in [5, 5.41) is 3.53. The van der Waals surface area contributed by atoms with E-state index < -0.39 is 17.6 Å². The number of rotatable bonds is 6.